The van der Waals surface area contributed by atoms with Crippen LogP contribution < -0.4 is 10.6 Å². The molecular formula is C16H20ClN3O2. The number of oxazole rings is 1. The van der Waals surface area contributed by atoms with Crippen LogP contribution in [0, 0.1) is 12.8 Å². The molecule has 0 unspecified atom stereocenters. The molecule has 0 radical (unpaired) electrons. The second-order valence-corrected chi connectivity index (χ2v) is 5.41. The Kier molecular flexibility index (Phi) is 5.57. The zero-order valence-corrected chi connectivity index (χ0v) is 13.3. The Balaban J connectivity index is 0.00000176. The van der Waals surface area contributed by atoms with Crippen LogP contribution in [0.15, 0.2) is 34.9 Å². The van der Waals surface area contributed by atoms with Crippen molar-refractivity contribution in [1.29, 1.82) is 0 Å². The van der Waals surface area contributed by atoms with Gasteiger partial charge in [0.1, 0.15) is 6.26 Å². The smallest absolute Gasteiger partial charge is 0.226 e. The molecule has 0 spiro atoms. The van der Waals surface area contributed by atoms with Crippen molar-refractivity contribution in [2.24, 2.45) is 5.92 Å². The van der Waals surface area contributed by atoms with E-state index in [2.05, 4.69) is 15.6 Å². The van der Waals surface area contributed by atoms with Gasteiger partial charge in [0.25, 0.3) is 0 Å². The lowest BCUT2D eigenvalue weighted by molar-refractivity contribution is -0.126. The van der Waals surface area contributed by atoms with Crippen LogP contribution in [0.1, 0.15) is 11.3 Å². The maximum atomic E-state index is 11.7. The Morgan fingerprint density at radius 1 is 1.36 bits per heavy atom. The van der Waals surface area contributed by atoms with E-state index >= 15 is 0 Å². The van der Waals surface area contributed by atoms with Crippen molar-refractivity contribution < 1.29 is 9.21 Å². The molecule has 22 heavy (non-hydrogen) atoms. The second-order valence-electron chi connectivity index (χ2n) is 5.41. The molecule has 0 aliphatic carbocycles. The number of nitrogens with one attached hydrogen (secondary N) is 2. The summed E-state index contributed by atoms with van der Waals surface area (Å²) in [5, 5.41) is 6.02. The predicted molar refractivity (Wildman–Crippen MR) is 87.0 cm³/mol. The average molecular weight is 322 g/mol. The number of carbonyl (C=O) groups is 1. The summed E-state index contributed by atoms with van der Waals surface area (Å²) in [6.07, 6.45) is 2.34. The monoisotopic (exact) mass is 321 g/mol. The number of benzene rings is 1. The van der Waals surface area contributed by atoms with E-state index in [9.17, 15) is 4.79 Å². The SMILES string of the molecule is Cc1ccc(-c2nc(CCNC(=O)C3CNC3)co2)cc1.Cl. The molecule has 5 nitrogen and oxygen atoms in total. The number of hydrogen-bond acceptors (Lipinski definition) is 4. The molecule has 6 heteroatoms. The van der Waals surface area contributed by atoms with Gasteiger partial charge in [0.15, 0.2) is 0 Å². The van der Waals surface area contributed by atoms with Gasteiger partial charge in [-0.3, -0.25) is 4.79 Å². The second kappa shape index (κ2) is 7.42. The molecule has 0 saturated carbocycles. The van der Waals surface area contributed by atoms with Gasteiger partial charge in [-0.05, 0) is 19.1 Å². The molecule has 1 aromatic heterocycles. The fourth-order valence-corrected chi connectivity index (χ4v) is 2.18. The van der Waals surface area contributed by atoms with Gasteiger partial charge >= 0.3 is 0 Å². The van der Waals surface area contributed by atoms with Crippen LogP contribution in [0.5, 0.6) is 0 Å². The molecule has 2 heterocycles. The highest BCUT2D eigenvalue weighted by Gasteiger charge is 2.24. The fraction of sp³-hybridized carbons (Fsp3) is 0.375. The van der Waals surface area contributed by atoms with E-state index in [4.69, 9.17) is 4.42 Å². The van der Waals surface area contributed by atoms with E-state index in [0.29, 0.717) is 18.9 Å². The lowest BCUT2D eigenvalue weighted by Gasteiger charge is -2.25. The molecule has 118 valence electrons. The van der Waals surface area contributed by atoms with E-state index < -0.39 is 0 Å². The third-order valence-corrected chi connectivity index (χ3v) is 3.68. The highest BCUT2D eigenvalue weighted by molar-refractivity contribution is 5.85. The van der Waals surface area contributed by atoms with Crippen molar-refractivity contribution in [1.82, 2.24) is 15.6 Å². The standard InChI is InChI=1S/C16H19N3O2.ClH/c1-11-2-4-12(5-3-11)16-19-14(10-21-16)6-7-18-15(20)13-8-17-9-13;/h2-5,10,13,17H,6-9H2,1H3,(H,18,20);1H. The van der Waals surface area contributed by atoms with Crippen molar-refractivity contribution >= 4 is 18.3 Å². The van der Waals surface area contributed by atoms with Crippen LogP contribution in [0.25, 0.3) is 11.5 Å². The Hall–Kier alpha value is -1.85. The Morgan fingerprint density at radius 3 is 2.73 bits per heavy atom. The predicted octanol–water partition coefficient (Wildman–Crippen LogP) is 1.95. The normalized spacial score (nSPS) is 14.0. The number of aromatic nitrogens is 1. The highest BCUT2D eigenvalue weighted by Crippen LogP contribution is 2.19. The molecule has 2 aromatic rings. The zero-order valence-electron chi connectivity index (χ0n) is 12.5. The van der Waals surface area contributed by atoms with Crippen LogP contribution >= 0.6 is 12.4 Å². The molecule has 1 aliphatic heterocycles. The minimum Gasteiger partial charge on any atom is -0.444 e. The minimum absolute atomic E-state index is 0. The van der Waals surface area contributed by atoms with Gasteiger partial charge in [0.05, 0.1) is 11.6 Å². The molecule has 1 saturated heterocycles. The van der Waals surface area contributed by atoms with Gasteiger partial charge in [-0.25, -0.2) is 4.98 Å². The molecular weight excluding hydrogens is 302 g/mol. The van der Waals surface area contributed by atoms with Crippen LogP contribution in [0.2, 0.25) is 0 Å². The van der Waals surface area contributed by atoms with Crippen molar-refractivity contribution in [2.75, 3.05) is 19.6 Å². The Morgan fingerprint density at radius 2 is 2.09 bits per heavy atom. The third-order valence-electron chi connectivity index (χ3n) is 3.68. The maximum absolute atomic E-state index is 11.7. The first-order chi connectivity index (χ1) is 10.2. The Bertz CT molecular complexity index is 621. The third kappa shape index (κ3) is 3.87. The van der Waals surface area contributed by atoms with E-state index in [-0.39, 0.29) is 24.2 Å². The van der Waals surface area contributed by atoms with E-state index in [1.807, 2.05) is 31.2 Å². The van der Waals surface area contributed by atoms with Crippen LogP contribution in [0.4, 0.5) is 0 Å². The number of amides is 1. The molecule has 0 bridgehead atoms. The first-order valence-electron chi connectivity index (χ1n) is 7.22. The topological polar surface area (TPSA) is 67.2 Å². The summed E-state index contributed by atoms with van der Waals surface area (Å²) in [6.45, 7) is 4.21. The molecule has 3 rings (SSSR count). The first-order valence-corrected chi connectivity index (χ1v) is 7.22. The highest BCUT2D eigenvalue weighted by atomic mass is 35.5. The largest absolute Gasteiger partial charge is 0.444 e. The quantitative estimate of drug-likeness (QED) is 0.883. The number of hydrogen-bond donors (Lipinski definition) is 2. The zero-order chi connectivity index (χ0) is 14.7. The number of carbonyl (C=O) groups excluding carboxylic acids is 1. The maximum Gasteiger partial charge on any atom is 0.226 e. The van der Waals surface area contributed by atoms with Gasteiger partial charge in [-0.15, -0.1) is 12.4 Å². The fourth-order valence-electron chi connectivity index (χ4n) is 2.18. The van der Waals surface area contributed by atoms with Crippen LogP contribution in [-0.2, 0) is 11.2 Å². The van der Waals surface area contributed by atoms with Crippen LogP contribution in [-0.4, -0.2) is 30.5 Å². The summed E-state index contributed by atoms with van der Waals surface area (Å²) in [6, 6.07) is 8.06. The minimum atomic E-state index is 0. The van der Waals surface area contributed by atoms with Gasteiger partial charge < -0.3 is 15.1 Å². The lowest BCUT2D eigenvalue weighted by atomic mass is 10.0. The summed E-state index contributed by atoms with van der Waals surface area (Å²) < 4.78 is 5.49. The van der Waals surface area contributed by atoms with Crippen molar-refractivity contribution in [3.05, 3.63) is 41.8 Å². The molecule has 1 aromatic carbocycles. The lowest BCUT2D eigenvalue weighted by Crippen LogP contribution is -2.51. The van der Waals surface area contributed by atoms with Crippen molar-refractivity contribution in [2.45, 2.75) is 13.3 Å². The van der Waals surface area contributed by atoms with Gasteiger partial charge in [-0.1, -0.05) is 17.7 Å². The number of aryl methyl sites for hydroxylation is 1. The number of halogens is 1. The van der Waals surface area contributed by atoms with Crippen molar-refractivity contribution in [3.63, 3.8) is 0 Å². The summed E-state index contributed by atoms with van der Waals surface area (Å²) in [5.74, 6) is 0.876. The number of nitrogens with zero attached hydrogens (tertiary/aromatic N) is 1. The molecule has 0 atom stereocenters. The van der Waals surface area contributed by atoms with E-state index in [1.54, 1.807) is 6.26 Å². The van der Waals surface area contributed by atoms with Crippen LogP contribution in [0.3, 0.4) is 0 Å². The average Bonchev–Trinajstić information content (AvgIpc) is 2.86. The summed E-state index contributed by atoms with van der Waals surface area (Å²) in [7, 11) is 0. The summed E-state index contributed by atoms with van der Waals surface area (Å²) in [4.78, 5) is 16.1. The van der Waals surface area contributed by atoms with E-state index in [0.717, 1.165) is 24.3 Å². The number of rotatable bonds is 5. The van der Waals surface area contributed by atoms with Crippen molar-refractivity contribution in [3.8, 4) is 11.5 Å². The van der Waals surface area contributed by atoms with Gasteiger partial charge in [0.2, 0.25) is 11.8 Å². The summed E-state index contributed by atoms with van der Waals surface area (Å²) in [5.41, 5.74) is 3.03. The Labute approximate surface area is 135 Å². The van der Waals surface area contributed by atoms with Gasteiger partial charge in [0, 0.05) is 31.6 Å². The summed E-state index contributed by atoms with van der Waals surface area (Å²) >= 11 is 0. The molecule has 1 aliphatic rings. The van der Waals surface area contributed by atoms with E-state index in [1.165, 1.54) is 5.56 Å². The first kappa shape index (κ1) is 16.5. The molecule has 2 N–H and O–H groups in total. The van der Waals surface area contributed by atoms with Gasteiger partial charge in [-0.2, -0.15) is 0 Å². The molecule has 1 amide bonds. The molecule has 1 fully saturated rings.